The summed E-state index contributed by atoms with van der Waals surface area (Å²) in [5.41, 5.74) is 4.59. The van der Waals surface area contributed by atoms with Crippen LogP contribution in [0.1, 0.15) is 15.9 Å². The van der Waals surface area contributed by atoms with Gasteiger partial charge in [-0.05, 0) is 24.6 Å². The van der Waals surface area contributed by atoms with E-state index in [4.69, 9.17) is 5.84 Å². The third-order valence-electron chi connectivity index (χ3n) is 2.89. The van der Waals surface area contributed by atoms with Crippen molar-refractivity contribution in [3.05, 3.63) is 29.3 Å². The SMILES string of the molecule is Cc1ccc(C(=O)N2CCNC(=O)C2)c(NN)c1. The Bertz CT molecular complexity index is 487. The van der Waals surface area contributed by atoms with Crippen LogP contribution in [0.5, 0.6) is 0 Å². The summed E-state index contributed by atoms with van der Waals surface area (Å²) < 4.78 is 0. The lowest BCUT2D eigenvalue weighted by atomic mass is 10.1. The standard InChI is InChI=1S/C12H16N4O2/c1-8-2-3-9(10(6-8)15-13)12(18)16-5-4-14-11(17)7-16/h2-3,6,15H,4-5,7,13H2,1H3,(H,14,17). The monoisotopic (exact) mass is 248 g/mol. The highest BCUT2D eigenvalue weighted by Crippen LogP contribution is 2.18. The van der Waals surface area contributed by atoms with Gasteiger partial charge in [-0.2, -0.15) is 0 Å². The maximum Gasteiger partial charge on any atom is 0.256 e. The molecule has 1 aromatic carbocycles. The van der Waals surface area contributed by atoms with Gasteiger partial charge in [-0.3, -0.25) is 15.4 Å². The molecule has 1 saturated heterocycles. The van der Waals surface area contributed by atoms with E-state index in [9.17, 15) is 9.59 Å². The fourth-order valence-corrected chi connectivity index (χ4v) is 1.95. The number of piperazine rings is 1. The highest BCUT2D eigenvalue weighted by molar-refractivity contribution is 6.01. The lowest BCUT2D eigenvalue weighted by Gasteiger charge is -2.27. The van der Waals surface area contributed by atoms with Crippen molar-refractivity contribution >= 4 is 17.5 Å². The summed E-state index contributed by atoms with van der Waals surface area (Å²) in [7, 11) is 0. The van der Waals surface area contributed by atoms with Gasteiger partial charge in [0.25, 0.3) is 5.91 Å². The van der Waals surface area contributed by atoms with Crippen LogP contribution < -0.4 is 16.6 Å². The van der Waals surface area contributed by atoms with E-state index in [0.717, 1.165) is 5.56 Å². The Morgan fingerprint density at radius 3 is 2.94 bits per heavy atom. The first-order valence-corrected chi connectivity index (χ1v) is 5.75. The average molecular weight is 248 g/mol. The van der Waals surface area contributed by atoms with Crippen molar-refractivity contribution in [2.45, 2.75) is 6.92 Å². The molecule has 96 valence electrons. The van der Waals surface area contributed by atoms with Crippen LogP contribution in [0.25, 0.3) is 0 Å². The van der Waals surface area contributed by atoms with Crippen molar-refractivity contribution < 1.29 is 9.59 Å². The number of rotatable bonds is 2. The molecule has 1 aliphatic heterocycles. The Balaban J connectivity index is 2.25. The molecular formula is C12H16N4O2. The number of benzene rings is 1. The van der Waals surface area contributed by atoms with Crippen LogP contribution in [0.2, 0.25) is 0 Å². The number of nitrogens with one attached hydrogen (secondary N) is 2. The first kappa shape index (κ1) is 12.4. The molecule has 0 bridgehead atoms. The third kappa shape index (κ3) is 2.43. The quantitative estimate of drug-likeness (QED) is 0.502. The van der Waals surface area contributed by atoms with E-state index in [-0.39, 0.29) is 18.4 Å². The summed E-state index contributed by atoms with van der Waals surface area (Å²) in [6.07, 6.45) is 0. The number of anilines is 1. The smallest absolute Gasteiger partial charge is 0.256 e. The molecule has 6 nitrogen and oxygen atoms in total. The molecule has 6 heteroatoms. The Labute approximate surface area is 105 Å². The number of nitrogens with zero attached hydrogens (tertiary/aromatic N) is 1. The largest absolute Gasteiger partial charge is 0.353 e. The van der Waals surface area contributed by atoms with Crippen LogP contribution in [0.4, 0.5) is 5.69 Å². The van der Waals surface area contributed by atoms with Crippen LogP contribution in [0, 0.1) is 6.92 Å². The molecule has 2 amide bonds. The molecule has 1 fully saturated rings. The van der Waals surface area contributed by atoms with Gasteiger partial charge >= 0.3 is 0 Å². The summed E-state index contributed by atoms with van der Waals surface area (Å²) >= 11 is 0. The molecule has 4 N–H and O–H groups in total. The van der Waals surface area contributed by atoms with Crippen molar-refractivity contribution in [2.75, 3.05) is 25.1 Å². The van der Waals surface area contributed by atoms with Crippen LogP contribution in [-0.4, -0.2) is 36.3 Å². The molecule has 0 unspecified atom stereocenters. The Kier molecular flexibility index (Phi) is 3.47. The maximum atomic E-state index is 12.3. The fourth-order valence-electron chi connectivity index (χ4n) is 1.95. The minimum absolute atomic E-state index is 0.0940. The number of hydrazine groups is 1. The number of aryl methyl sites for hydroxylation is 1. The van der Waals surface area contributed by atoms with Gasteiger partial charge in [-0.1, -0.05) is 6.07 Å². The van der Waals surface area contributed by atoms with E-state index < -0.39 is 0 Å². The molecule has 0 aliphatic carbocycles. The molecule has 0 aromatic heterocycles. The normalized spacial score (nSPS) is 15.2. The number of hydrogen-bond donors (Lipinski definition) is 3. The van der Waals surface area contributed by atoms with E-state index in [1.54, 1.807) is 12.1 Å². The maximum absolute atomic E-state index is 12.3. The summed E-state index contributed by atoms with van der Waals surface area (Å²) in [5.74, 6) is 5.10. The van der Waals surface area contributed by atoms with Gasteiger partial charge in [0.05, 0.1) is 17.8 Å². The van der Waals surface area contributed by atoms with E-state index in [2.05, 4.69) is 10.7 Å². The second-order valence-corrected chi connectivity index (χ2v) is 4.27. The number of carbonyl (C=O) groups excluding carboxylic acids is 2. The number of carbonyl (C=O) groups is 2. The lowest BCUT2D eigenvalue weighted by molar-refractivity contribution is -0.123. The minimum Gasteiger partial charge on any atom is -0.353 e. The molecule has 0 saturated carbocycles. The minimum atomic E-state index is -0.183. The van der Waals surface area contributed by atoms with Gasteiger partial charge in [0.1, 0.15) is 0 Å². The first-order chi connectivity index (χ1) is 8.61. The predicted molar refractivity (Wildman–Crippen MR) is 67.9 cm³/mol. The molecule has 1 aliphatic rings. The molecule has 2 rings (SSSR count). The molecule has 0 radical (unpaired) electrons. The van der Waals surface area contributed by atoms with Gasteiger partial charge in [-0.25, -0.2) is 0 Å². The zero-order valence-corrected chi connectivity index (χ0v) is 10.2. The molecule has 18 heavy (non-hydrogen) atoms. The van der Waals surface area contributed by atoms with Crippen molar-refractivity contribution in [2.24, 2.45) is 5.84 Å². The molecule has 0 atom stereocenters. The first-order valence-electron chi connectivity index (χ1n) is 5.75. The number of amides is 2. The second kappa shape index (κ2) is 5.05. The third-order valence-corrected chi connectivity index (χ3v) is 2.89. The van der Waals surface area contributed by atoms with Crippen molar-refractivity contribution in [3.63, 3.8) is 0 Å². The van der Waals surface area contributed by atoms with Crippen LogP contribution in [0.15, 0.2) is 18.2 Å². The van der Waals surface area contributed by atoms with Crippen molar-refractivity contribution in [1.29, 1.82) is 0 Å². The van der Waals surface area contributed by atoms with Gasteiger partial charge in [0.15, 0.2) is 0 Å². The van der Waals surface area contributed by atoms with Crippen molar-refractivity contribution in [3.8, 4) is 0 Å². The summed E-state index contributed by atoms with van der Waals surface area (Å²) in [6, 6.07) is 5.37. The lowest BCUT2D eigenvalue weighted by Crippen LogP contribution is -2.50. The van der Waals surface area contributed by atoms with E-state index in [1.165, 1.54) is 4.90 Å². The molecule has 1 heterocycles. The summed E-state index contributed by atoms with van der Waals surface area (Å²) in [6.45, 7) is 3.02. The van der Waals surface area contributed by atoms with Crippen LogP contribution >= 0.6 is 0 Å². The van der Waals surface area contributed by atoms with E-state index >= 15 is 0 Å². The van der Waals surface area contributed by atoms with E-state index in [0.29, 0.717) is 24.3 Å². The zero-order valence-electron chi connectivity index (χ0n) is 10.2. The zero-order chi connectivity index (χ0) is 13.1. The van der Waals surface area contributed by atoms with Gasteiger partial charge in [0.2, 0.25) is 5.91 Å². The number of hydrogen-bond acceptors (Lipinski definition) is 4. The van der Waals surface area contributed by atoms with Gasteiger partial charge < -0.3 is 15.6 Å². The number of nitrogen functional groups attached to an aromatic ring is 1. The van der Waals surface area contributed by atoms with Gasteiger partial charge in [0, 0.05) is 13.1 Å². The summed E-state index contributed by atoms with van der Waals surface area (Å²) in [5, 5.41) is 2.68. The average Bonchev–Trinajstić information content (AvgIpc) is 2.37. The topological polar surface area (TPSA) is 87.5 Å². The van der Waals surface area contributed by atoms with E-state index in [1.807, 2.05) is 13.0 Å². The molecule has 0 spiro atoms. The molecular weight excluding hydrogens is 232 g/mol. The van der Waals surface area contributed by atoms with Crippen LogP contribution in [-0.2, 0) is 4.79 Å². The van der Waals surface area contributed by atoms with Gasteiger partial charge in [-0.15, -0.1) is 0 Å². The highest BCUT2D eigenvalue weighted by atomic mass is 16.2. The van der Waals surface area contributed by atoms with Crippen LogP contribution in [0.3, 0.4) is 0 Å². The molecule has 1 aromatic rings. The van der Waals surface area contributed by atoms with Crippen molar-refractivity contribution in [1.82, 2.24) is 10.2 Å². The second-order valence-electron chi connectivity index (χ2n) is 4.27. The number of nitrogens with two attached hydrogens (primary N) is 1. The predicted octanol–water partition coefficient (Wildman–Crippen LogP) is -0.147. The highest BCUT2D eigenvalue weighted by Gasteiger charge is 2.23. The summed E-state index contributed by atoms with van der Waals surface area (Å²) in [4.78, 5) is 25.1. The fraction of sp³-hybridized carbons (Fsp3) is 0.333. The Morgan fingerprint density at radius 1 is 1.50 bits per heavy atom. The Morgan fingerprint density at radius 2 is 2.28 bits per heavy atom. The Hall–Kier alpha value is -2.08.